The van der Waals surface area contributed by atoms with Crippen LogP contribution in [0.15, 0.2) is 28.7 Å². The van der Waals surface area contributed by atoms with Crippen LogP contribution in [0.2, 0.25) is 0 Å². The van der Waals surface area contributed by atoms with Gasteiger partial charge in [0.05, 0.1) is 11.7 Å². The van der Waals surface area contributed by atoms with E-state index in [1.54, 1.807) is 7.11 Å². The van der Waals surface area contributed by atoms with Gasteiger partial charge in [-0.1, -0.05) is 40.9 Å². The van der Waals surface area contributed by atoms with E-state index in [1.165, 1.54) is 5.56 Å². The van der Waals surface area contributed by atoms with E-state index >= 15 is 0 Å². The number of methoxy groups -OCH3 is 1. The number of hydrogen-bond acceptors (Lipinski definition) is 2. The van der Waals surface area contributed by atoms with E-state index in [0.29, 0.717) is 6.42 Å². The number of aliphatic hydroxyl groups is 1. The molecule has 0 aromatic heterocycles. The molecule has 17 heavy (non-hydrogen) atoms. The third-order valence-electron chi connectivity index (χ3n) is 3.63. The van der Waals surface area contributed by atoms with Gasteiger partial charge in [0.15, 0.2) is 0 Å². The predicted molar refractivity (Wildman–Crippen MR) is 72.1 cm³/mol. The smallest absolute Gasteiger partial charge is 0.0948 e. The second-order valence-electron chi connectivity index (χ2n) is 4.88. The molecule has 0 saturated heterocycles. The predicted octanol–water partition coefficient (Wildman–Crippen LogP) is 3.31. The van der Waals surface area contributed by atoms with Gasteiger partial charge in [-0.15, -0.1) is 0 Å². The maximum atomic E-state index is 10.7. The average molecular weight is 299 g/mol. The van der Waals surface area contributed by atoms with Crippen LogP contribution in [-0.4, -0.2) is 23.9 Å². The Morgan fingerprint density at radius 2 is 2.06 bits per heavy atom. The molecule has 1 N–H and O–H groups in total. The highest BCUT2D eigenvalue weighted by Crippen LogP contribution is 2.33. The highest BCUT2D eigenvalue weighted by Gasteiger charge is 2.39. The maximum absolute atomic E-state index is 10.7. The van der Waals surface area contributed by atoms with Crippen LogP contribution in [-0.2, 0) is 11.2 Å². The molecule has 94 valence electrons. The van der Waals surface area contributed by atoms with Crippen LogP contribution in [0, 0.1) is 0 Å². The van der Waals surface area contributed by atoms with Gasteiger partial charge in [0.2, 0.25) is 0 Å². The Kier molecular flexibility index (Phi) is 4.23. The van der Waals surface area contributed by atoms with Crippen LogP contribution in [0.25, 0.3) is 0 Å². The molecule has 1 aliphatic carbocycles. The lowest BCUT2D eigenvalue weighted by atomic mass is 9.78. The highest BCUT2D eigenvalue weighted by molar-refractivity contribution is 9.10. The molecule has 2 unspecified atom stereocenters. The first-order valence-electron chi connectivity index (χ1n) is 6.14. The summed E-state index contributed by atoms with van der Waals surface area (Å²) in [6, 6.07) is 8.15. The maximum Gasteiger partial charge on any atom is 0.0948 e. The van der Waals surface area contributed by atoms with E-state index in [9.17, 15) is 5.11 Å². The molecule has 0 radical (unpaired) electrons. The average Bonchev–Trinajstić information content (AvgIpc) is 2.32. The fourth-order valence-electron chi connectivity index (χ4n) is 2.69. The van der Waals surface area contributed by atoms with Gasteiger partial charge < -0.3 is 9.84 Å². The van der Waals surface area contributed by atoms with Crippen molar-refractivity contribution < 1.29 is 9.84 Å². The summed E-state index contributed by atoms with van der Waals surface area (Å²) in [5.41, 5.74) is 0.473. The van der Waals surface area contributed by atoms with E-state index in [1.807, 2.05) is 12.1 Å². The fraction of sp³-hybridized carbons (Fsp3) is 0.571. The van der Waals surface area contributed by atoms with Crippen LogP contribution in [0.5, 0.6) is 0 Å². The van der Waals surface area contributed by atoms with Crippen LogP contribution in [0.1, 0.15) is 31.2 Å². The van der Waals surface area contributed by atoms with Crippen LogP contribution in [0.4, 0.5) is 0 Å². The zero-order valence-electron chi connectivity index (χ0n) is 10.2. The molecule has 2 atom stereocenters. The first kappa shape index (κ1) is 13.1. The molecule has 3 heteroatoms. The summed E-state index contributed by atoms with van der Waals surface area (Å²) >= 11 is 3.42. The van der Waals surface area contributed by atoms with Crippen molar-refractivity contribution in [3.63, 3.8) is 0 Å². The summed E-state index contributed by atoms with van der Waals surface area (Å²) in [6.07, 6.45) is 4.69. The Morgan fingerprint density at radius 3 is 2.71 bits per heavy atom. The largest absolute Gasteiger partial charge is 0.387 e. The summed E-state index contributed by atoms with van der Waals surface area (Å²) in [7, 11) is 1.70. The molecule has 0 heterocycles. The van der Waals surface area contributed by atoms with Crippen LogP contribution >= 0.6 is 15.9 Å². The van der Waals surface area contributed by atoms with Crippen molar-refractivity contribution >= 4 is 15.9 Å². The SMILES string of the molecule is COC1CCCCC1(O)Cc1ccc(Br)cc1. The molecule has 0 aliphatic heterocycles. The third kappa shape index (κ3) is 3.09. The van der Waals surface area contributed by atoms with Gasteiger partial charge in [-0.25, -0.2) is 0 Å². The van der Waals surface area contributed by atoms with E-state index in [4.69, 9.17) is 4.74 Å². The summed E-state index contributed by atoms with van der Waals surface area (Å²) < 4.78 is 6.51. The molecule has 0 bridgehead atoms. The van der Waals surface area contributed by atoms with Crippen molar-refractivity contribution in [3.05, 3.63) is 34.3 Å². The zero-order valence-corrected chi connectivity index (χ0v) is 11.7. The van der Waals surface area contributed by atoms with Gasteiger partial charge in [0, 0.05) is 18.0 Å². The fourth-order valence-corrected chi connectivity index (χ4v) is 2.95. The molecule has 2 nitrogen and oxygen atoms in total. The van der Waals surface area contributed by atoms with E-state index in [0.717, 1.165) is 30.2 Å². The van der Waals surface area contributed by atoms with Crippen molar-refractivity contribution in [2.24, 2.45) is 0 Å². The molecule has 1 aromatic carbocycles. The summed E-state index contributed by atoms with van der Waals surface area (Å²) in [4.78, 5) is 0. The minimum absolute atomic E-state index is 0.0279. The van der Waals surface area contributed by atoms with Gasteiger partial charge in [0.1, 0.15) is 0 Å². The van der Waals surface area contributed by atoms with E-state index < -0.39 is 5.60 Å². The second-order valence-corrected chi connectivity index (χ2v) is 5.79. The molecule has 1 aromatic rings. The Balaban J connectivity index is 2.11. The molecular weight excluding hydrogens is 280 g/mol. The lowest BCUT2D eigenvalue weighted by molar-refractivity contribution is -0.116. The van der Waals surface area contributed by atoms with Crippen LogP contribution < -0.4 is 0 Å². The lowest BCUT2D eigenvalue weighted by Crippen LogP contribution is -2.47. The molecular formula is C14H19BrO2. The Labute approximate surface area is 111 Å². The van der Waals surface area contributed by atoms with Crippen molar-refractivity contribution in [1.82, 2.24) is 0 Å². The van der Waals surface area contributed by atoms with Gasteiger partial charge >= 0.3 is 0 Å². The summed E-state index contributed by atoms with van der Waals surface area (Å²) in [5, 5.41) is 10.7. The van der Waals surface area contributed by atoms with Crippen molar-refractivity contribution in [2.75, 3.05) is 7.11 Å². The molecule has 2 rings (SSSR count). The standard InChI is InChI=1S/C14H19BrO2/c1-17-13-4-2-3-9-14(13,16)10-11-5-7-12(15)8-6-11/h5-8,13,16H,2-4,9-10H2,1H3. The number of halogens is 1. The lowest BCUT2D eigenvalue weighted by Gasteiger charge is -2.39. The van der Waals surface area contributed by atoms with Gasteiger partial charge in [-0.05, 0) is 30.5 Å². The zero-order chi connectivity index (χ0) is 12.3. The summed E-state index contributed by atoms with van der Waals surface area (Å²) in [6.45, 7) is 0. The molecule has 1 fully saturated rings. The Hall–Kier alpha value is -0.380. The van der Waals surface area contributed by atoms with E-state index in [-0.39, 0.29) is 6.10 Å². The van der Waals surface area contributed by atoms with Crippen molar-refractivity contribution in [2.45, 2.75) is 43.8 Å². The molecule has 1 aliphatic rings. The Bertz CT molecular complexity index is 363. The molecule has 0 amide bonds. The Morgan fingerprint density at radius 1 is 1.35 bits per heavy atom. The number of benzene rings is 1. The monoisotopic (exact) mass is 298 g/mol. The topological polar surface area (TPSA) is 29.5 Å². The van der Waals surface area contributed by atoms with Crippen molar-refractivity contribution in [3.8, 4) is 0 Å². The number of rotatable bonds is 3. The number of ether oxygens (including phenoxy) is 1. The molecule has 0 spiro atoms. The third-order valence-corrected chi connectivity index (χ3v) is 4.16. The van der Waals surface area contributed by atoms with Gasteiger partial charge in [-0.3, -0.25) is 0 Å². The van der Waals surface area contributed by atoms with E-state index in [2.05, 4.69) is 28.1 Å². The minimum Gasteiger partial charge on any atom is -0.387 e. The number of hydrogen-bond donors (Lipinski definition) is 1. The second kappa shape index (κ2) is 5.51. The van der Waals surface area contributed by atoms with Crippen molar-refractivity contribution in [1.29, 1.82) is 0 Å². The first-order chi connectivity index (χ1) is 8.14. The quantitative estimate of drug-likeness (QED) is 0.928. The van der Waals surface area contributed by atoms with Crippen LogP contribution in [0.3, 0.4) is 0 Å². The molecule has 1 saturated carbocycles. The van der Waals surface area contributed by atoms with Gasteiger partial charge in [0.25, 0.3) is 0 Å². The first-order valence-corrected chi connectivity index (χ1v) is 6.93. The minimum atomic E-state index is -0.694. The van der Waals surface area contributed by atoms with Gasteiger partial charge in [-0.2, -0.15) is 0 Å². The summed E-state index contributed by atoms with van der Waals surface area (Å²) in [5.74, 6) is 0. The normalized spacial score (nSPS) is 29.2. The highest BCUT2D eigenvalue weighted by atomic mass is 79.9.